The number of anilines is 3. The molecule has 160 valence electrons. The number of carbonyl (C=O) groups is 1. The lowest BCUT2D eigenvalue weighted by molar-refractivity contribution is 0.0824. The summed E-state index contributed by atoms with van der Waals surface area (Å²) in [5, 5.41) is 27.7. The molecular formula is C22H22N4O4S. The van der Waals surface area contributed by atoms with Gasteiger partial charge < -0.3 is 20.6 Å². The molecule has 1 amide bonds. The van der Waals surface area contributed by atoms with Crippen molar-refractivity contribution < 1.29 is 9.90 Å². The van der Waals surface area contributed by atoms with Crippen LogP contribution in [0.2, 0.25) is 0 Å². The van der Waals surface area contributed by atoms with Crippen molar-refractivity contribution in [2.24, 2.45) is 5.92 Å². The van der Waals surface area contributed by atoms with E-state index in [0.717, 1.165) is 4.88 Å². The Hall–Kier alpha value is -3.64. The number of amides is 1. The molecule has 0 saturated heterocycles. The SMILES string of the molecule is CC(C)[C@@H](Nc1c(Nc2cc(C#N)cc(C(=O)N(C)C)c2O)c(=O)c1=O)c1cccs1. The normalized spacial score (nSPS) is 11.9. The van der Waals surface area contributed by atoms with Gasteiger partial charge in [0.25, 0.3) is 16.8 Å². The molecule has 9 heteroatoms. The lowest BCUT2D eigenvalue weighted by Gasteiger charge is -2.25. The van der Waals surface area contributed by atoms with Crippen LogP contribution in [0, 0.1) is 17.2 Å². The molecule has 1 aromatic heterocycles. The van der Waals surface area contributed by atoms with Gasteiger partial charge in [0.1, 0.15) is 11.4 Å². The average Bonchev–Trinajstić information content (AvgIpc) is 3.27. The quantitative estimate of drug-likeness (QED) is 0.382. The summed E-state index contributed by atoms with van der Waals surface area (Å²) in [5.41, 5.74) is -1.27. The molecule has 2 aromatic carbocycles. The van der Waals surface area contributed by atoms with Crippen LogP contribution >= 0.6 is 11.3 Å². The molecule has 0 aliphatic carbocycles. The van der Waals surface area contributed by atoms with E-state index in [1.165, 1.54) is 42.5 Å². The lowest BCUT2D eigenvalue weighted by atomic mass is 10.0. The van der Waals surface area contributed by atoms with Crippen LogP contribution in [-0.2, 0) is 0 Å². The third kappa shape index (κ3) is 4.15. The third-order valence-electron chi connectivity index (χ3n) is 4.86. The number of nitrogens with zero attached hydrogens (tertiary/aromatic N) is 2. The molecule has 31 heavy (non-hydrogen) atoms. The van der Waals surface area contributed by atoms with Crippen molar-refractivity contribution in [3.63, 3.8) is 0 Å². The number of hydrogen-bond acceptors (Lipinski definition) is 8. The Morgan fingerprint density at radius 1 is 1.19 bits per heavy atom. The minimum absolute atomic E-state index is 0.00313. The Kier molecular flexibility index (Phi) is 6.13. The average molecular weight is 439 g/mol. The highest BCUT2D eigenvalue weighted by atomic mass is 32.1. The second-order valence-electron chi connectivity index (χ2n) is 7.65. The van der Waals surface area contributed by atoms with Crippen molar-refractivity contribution in [2.75, 3.05) is 24.7 Å². The highest BCUT2D eigenvalue weighted by Gasteiger charge is 2.27. The van der Waals surface area contributed by atoms with Crippen molar-refractivity contribution in [1.82, 2.24) is 4.90 Å². The summed E-state index contributed by atoms with van der Waals surface area (Å²) in [6.45, 7) is 3.99. The van der Waals surface area contributed by atoms with Crippen LogP contribution in [0.3, 0.4) is 0 Å². The topological polar surface area (TPSA) is 123 Å². The maximum absolute atomic E-state index is 12.4. The smallest absolute Gasteiger partial charge is 0.257 e. The van der Waals surface area contributed by atoms with Gasteiger partial charge in [-0.1, -0.05) is 19.9 Å². The molecular weight excluding hydrogens is 416 g/mol. The summed E-state index contributed by atoms with van der Waals surface area (Å²) in [7, 11) is 3.03. The van der Waals surface area contributed by atoms with Crippen LogP contribution in [0.25, 0.3) is 0 Å². The van der Waals surface area contributed by atoms with Crippen molar-refractivity contribution >= 4 is 34.3 Å². The fraction of sp³-hybridized carbons (Fsp3) is 0.273. The zero-order valence-corrected chi connectivity index (χ0v) is 18.3. The number of hydrogen-bond donors (Lipinski definition) is 3. The van der Waals surface area contributed by atoms with E-state index < -0.39 is 22.5 Å². The van der Waals surface area contributed by atoms with E-state index in [1.807, 2.05) is 37.4 Å². The maximum Gasteiger partial charge on any atom is 0.257 e. The number of nitrogens with one attached hydrogen (secondary N) is 2. The summed E-state index contributed by atoms with van der Waals surface area (Å²) in [5.74, 6) is -0.774. The minimum Gasteiger partial charge on any atom is -0.505 e. The van der Waals surface area contributed by atoms with E-state index in [9.17, 15) is 24.8 Å². The van der Waals surface area contributed by atoms with Gasteiger partial charge in [0.2, 0.25) is 0 Å². The predicted octanol–water partition coefficient (Wildman–Crippen LogP) is 3.18. The number of nitriles is 1. The van der Waals surface area contributed by atoms with Gasteiger partial charge in [-0.25, -0.2) is 0 Å². The predicted molar refractivity (Wildman–Crippen MR) is 121 cm³/mol. The molecule has 1 heterocycles. The van der Waals surface area contributed by atoms with Gasteiger partial charge in [0, 0.05) is 19.0 Å². The van der Waals surface area contributed by atoms with Crippen molar-refractivity contribution in [2.45, 2.75) is 19.9 Å². The Morgan fingerprint density at radius 2 is 1.87 bits per heavy atom. The van der Waals surface area contributed by atoms with E-state index >= 15 is 0 Å². The lowest BCUT2D eigenvalue weighted by Crippen LogP contribution is -2.38. The molecule has 3 N–H and O–H groups in total. The third-order valence-corrected chi connectivity index (χ3v) is 5.82. The van der Waals surface area contributed by atoms with Gasteiger partial charge in [-0.2, -0.15) is 5.26 Å². The first-order chi connectivity index (χ1) is 14.6. The number of aromatic hydroxyl groups is 1. The molecule has 3 aromatic rings. The molecule has 0 aliphatic heterocycles. The number of phenolic OH excluding ortho intramolecular Hbond substituents is 1. The Balaban J connectivity index is 2.00. The van der Waals surface area contributed by atoms with Crippen molar-refractivity contribution in [3.8, 4) is 11.8 Å². The van der Waals surface area contributed by atoms with Gasteiger partial charge in [0.15, 0.2) is 5.75 Å². The Bertz CT molecular complexity index is 1230. The molecule has 0 saturated carbocycles. The first-order valence-electron chi connectivity index (χ1n) is 9.54. The summed E-state index contributed by atoms with van der Waals surface area (Å²) in [6, 6.07) is 8.20. The summed E-state index contributed by atoms with van der Waals surface area (Å²) in [4.78, 5) is 39.2. The van der Waals surface area contributed by atoms with Crippen LogP contribution in [-0.4, -0.2) is 30.0 Å². The van der Waals surface area contributed by atoms with Gasteiger partial charge >= 0.3 is 0 Å². The molecule has 0 aliphatic rings. The van der Waals surface area contributed by atoms with E-state index in [4.69, 9.17) is 0 Å². The molecule has 1 atom stereocenters. The number of rotatable bonds is 7. The van der Waals surface area contributed by atoms with Crippen molar-refractivity contribution in [3.05, 3.63) is 66.1 Å². The van der Waals surface area contributed by atoms with Gasteiger partial charge in [-0.15, -0.1) is 11.3 Å². The van der Waals surface area contributed by atoms with E-state index in [-0.39, 0.29) is 40.1 Å². The van der Waals surface area contributed by atoms with E-state index in [2.05, 4.69) is 10.6 Å². The van der Waals surface area contributed by atoms with E-state index in [1.54, 1.807) is 0 Å². The van der Waals surface area contributed by atoms with E-state index in [0.29, 0.717) is 0 Å². The highest BCUT2D eigenvalue weighted by molar-refractivity contribution is 7.10. The first kappa shape index (κ1) is 22.1. The molecule has 3 rings (SSSR count). The number of phenols is 1. The largest absolute Gasteiger partial charge is 0.505 e. The standard InChI is InChI=1S/C22H22N4O4S/c1-11(2)16(15-6-5-7-31-15)25-18-17(20(28)21(18)29)24-14-9-12(10-23)8-13(19(14)27)22(30)26(3)4/h5-9,11,16,24-25,27H,1-4H3/t16-/m1/s1. The summed E-state index contributed by atoms with van der Waals surface area (Å²) in [6.07, 6.45) is 0. The van der Waals surface area contributed by atoms with Gasteiger partial charge in [0.05, 0.1) is 28.9 Å². The molecule has 0 spiro atoms. The fourth-order valence-electron chi connectivity index (χ4n) is 3.17. The monoisotopic (exact) mass is 438 g/mol. The van der Waals surface area contributed by atoms with Crippen LogP contribution in [0.15, 0.2) is 39.2 Å². The number of carbonyl (C=O) groups excluding carboxylic acids is 1. The second-order valence-corrected chi connectivity index (χ2v) is 8.63. The molecule has 0 radical (unpaired) electrons. The maximum atomic E-state index is 12.4. The van der Waals surface area contributed by atoms with Crippen LogP contribution in [0.5, 0.6) is 5.75 Å². The van der Waals surface area contributed by atoms with Crippen molar-refractivity contribution in [1.29, 1.82) is 5.26 Å². The highest BCUT2D eigenvalue weighted by Crippen LogP contribution is 2.35. The molecule has 8 nitrogen and oxygen atoms in total. The molecule has 0 unspecified atom stereocenters. The summed E-state index contributed by atoms with van der Waals surface area (Å²) < 4.78 is 0. The van der Waals surface area contributed by atoms with Crippen LogP contribution in [0.4, 0.5) is 17.1 Å². The van der Waals surface area contributed by atoms with Gasteiger partial charge in [-0.05, 0) is 29.5 Å². The van der Waals surface area contributed by atoms with Crippen LogP contribution < -0.4 is 21.5 Å². The fourth-order valence-corrected chi connectivity index (χ4v) is 4.12. The van der Waals surface area contributed by atoms with Crippen LogP contribution in [0.1, 0.15) is 40.7 Å². The second kappa shape index (κ2) is 8.62. The summed E-state index contributed by atoms with van der Waals surface area (Å²) >= 11 is 1.54. The van der Waals surface area contributed by atoms with Gasteiger partial charge in [-0.3, -0.25) is 14.4 Å². The molecule has 0 bridgehead atoms. The number of benzene rings is 1. The minimum atomic E-state index is -0.738. The first-order valence-corrected chi connectivity index (χ1v) is 10.4. The Labute approximate surface area is 183 Å². The Morgan fingerprint density at radius 3 is 2.42 bits per heavy atom. The number of thiophene rings is 1. The molecule has 0 fully saturated rings. The zero-order chi connectivity index (χ0) is 22.9. The zero-order valence-electron chi connectivity index (χ0n) is 17.5.